The predicted octanol–water partition coefficient (Wildman–Crippen LogP) is 4.07. The van der Waals surface area contributed by atoms with Gasteiger partial charge in [0.2, 0.25) is 0 Å². The molecule has 2 heterocycles. The number of aromatic nitrogens is 2. The Hall–Kier alpha value is -3.92. The van der Waals surface area contributed by atoms with Crippen molar-refractivity contribution in [2.45, 2.75) is 32.2 Å². The van der Waals surface area contributed by atoms with Gasteiger partial charge in [0.15, 0.2) is 0 Å². The zero-order valence-electron chi connectivity index (χ0n) is 19.3. The number of benzene rings is 2. The first-order valence-electron chi connectivity index (χ1n) is 11.2. The van der Waals surface area contributed by atoms with E-state index in [1.807, 2.05) is 0 Å². The Morgan fingerprint density at radius 1 is 1.03 bits per heavy atom. The lowest BCUT2D eigenvalue weighted by Crippen LogP contribution is -2.39. The first-order chi connectivity index (χ1) is 16.9. The summed E-state index contributed by atoms with van der Waals surface area (Å²) in [7, 11) is 3.01. The predicted molar refractivity (Wildman–Crippen MR) is 134 cm³/mol. The molecule has 2 aromatic carbocycles. The number of hydrogen-bond acceptors (Lipinski definition) is 7. The number of non-ortho nitro benzene ring substituents is 1. The number of ether oxygens (including phenoxy) is 2. The summed E-state index contributed by atoms with van der Waals surface area (Å²) in [5, 5.41) is 11.6. The maximum atomic E-state index is 13.9. The van der Waals surface area contributed by atoms with Crippen molar-refractivity contribution < 1.29 is 14.4 Å². The van der Waals surface area contributed by atoms with E-state index in [9.17, 15) is 19.7 Å². The Morgan fingerprint density at radius 3 is 2.46 bits per heavy atom. The second-order valence-electron chi connectivity index (χ2n) is 8.36. The minimum atomic E-state index is -0.497. The Labute approximate surface area is 203 Å². The van der Waals surface area contributed by atoms with Crippen LogP contribution in [0.3, 0.4) is 0 Å². The van der Waals surface area contributed by atoms with Gasteiger partial charge in [-0.1, -0.05) is 12.1 Å². The molecule has 0 saturated carbocycles. The zero-order chi connectivity index (χ0) is 24.7. The summed E-state index contributed by atoms with van der Waals surface area (Å²) in [6.45, 7) is 0.172. The van der Waals surface area contributed by atoms with Crippen molar-refractivity contribution in [3.8, 4) is 17.2 Å². The molecule has 0 spiro atoms. The molecule has 0 aliphatic heterocycles. The molecule has 1 aliphatic carbocycles. The molecule has 0 fully saturated rings. The van der Waals surface area contributed by atoms with Crippen LogP contribution in [0.4, 0.5) is 5.69 Å². The van der Waals surface area contributed by atoms with Crippen molar-refractivity contribution in [1.29, 1.82) is 0 Å². The van der Waals surface area contributed by atoms with Crippen molar-refractivity contribution in [3.63, 3.8) is 0 Å². The Balaban J connectivity index is 1.78. The van der Waals surface area contributed by atoms with E-state index in [-0.39, 0.29) is 17.8 Å². The van der Waals surface area contributed by atoms with Gasteiger partial charge in [-0.2, -0.15) is 0 Å². The average Bonchev–Trinajstić information content (AvgIpc) is 3.26. The Morgan fingerprint density at radius 2 is 1.77 bits per heavy atom. The number of nitrogens with zero attached hydrogens (tertiary/aromatic N) is 3. The highest BCUT2D eigenvalue weighted by Crippen LogP contribution is 2.35. The molecule has 1 aliphatic rings. The first kappa shape index (κ1) is 22.9. The number of thiophene rings is 1. The largest absolute Gasteiger partial charge is 0.497 e. The lowest BCUT2D eigenvalue weighted by molar-refractivity contribution is -0.384. The summed E-state index contributed by atoms with van der Waals surface area (Å²) in [6.07, 6.45) is 3.71. The van der Waals surface area contributed by atoms with Gasteiger partial charge in [0.25, 0.3) is 11.2 Å². The lowest BCUT2D eigenvalue weighted by atomic mass is 9.97. The van der Waals surface area contributed by atoms with E-state index in [4.69, 9.17) is 9.47 Å². The molecule has 0 N–H and O–H groups in total. The molecule has 9 nitrogen and oxygen atoms in total. The maximum absolute atomic E-state index is 13.9. The highest BCUT2D eigenvalue weighted by atomic mass is 32.1. The van der Waals surface area contributed by atoms with Gasteiger partial charge in [0.1, 0.15) is 16.3 Å². The van der Waals surface area contributed by atoms with Crippen LogP contribution in [-0.2, 0) is 19.4 Å². The molecule has 4 aromatic rings. The second-order valence-corrected chi connectivity index (χ2v) is 9.45. The lowest BCUT2D eigenvalue weighted by Gasteiger charge is -2.16. The summed E-state index contributed by atoms with van der Waals surface area (Å²) in [6, 6.07) is 11.0. The molecule has 0 saturated heterocycles. The number of nitro groups is 1. The molecule has 2 aromatic heterocycles. The fourth-order valence-corrected chi connectivity index (χ4v) is 5.97. The topological polar surface area (TPSA) is 106 Å². The van der Waals surface area contributed by atoms with Gasteiger partial charge in [-0.3, -0.25) is 19.5 Å². The van der Waals surface area contributed by atoms with Crippen molar-refractivity contribution >= 4 is 27.2 Å². The van der Waals surface area contributed by atoms with Crippen molar-refractivity contribution in [1.82, 2.24) is 9.13 Å². The van der Waals surface area contributed by atoms with Gasteiger partial charge in [0, 0.05) is 23.1 Å². The highest BCUT2D eigenvalue weighted by Gasteiger charge is 2.25. The van der Waals surface area contributed by atoms with E-state index < -0.39 is 10.6 Å². The number of hydrogen-bond donors (Lipinski definition) is 0. The molecular formula is C25H23N3O6S. The monoisotopic (exact) mass is 493 g/mol. The van der Waals surface area contributed by atoms with E-state index in [0.717, 1.165) is 46.3 Å². The number of methoxy groups -OCH3 is 2. The smallest absolute Gasteiger partial charge is 0.337 e. The molecule has 0 bridgehead atoms. The van der Waals surface area contributed by atoms with Crippen LogP contribution in [0.2, 0.25) is 0 Å². The number of aryl methyl sites for hydroxylation is 2. The molecule has 35 heavy (non-hydrogen) atoms. The van der Waals surface area contributed by atoms with Crippen molar-refractivity contribution in [3.05, 3.63) is 89.4 Å². The van der Waals surface area contributed by atoms with Crippen molar-refractivity contribution in [2.24, 2.45) is 0 Å². The molecule has 5 rings (SSSR count). The SMILES string of the molecule is COc1ccc(-n2c(=O)c3c4c(sc3n(Cc3ccc([N+](=O)[O-])cc3)c2=O)CCCC4)c(OC)c1. The molecule has 0 amide bonds. The van der Waals surface area contributed by atoms with Crippen molar-refractivity contribution in [2.75, 3.05) is 14.2 Å². The normalized spacial score (nSPS) is 13.0. The van der Waals surface area contributed by atoms with Gasteiger partial charge in [-0.25, -0.2) is 9.36 Å². The van der Waals surface area contributed by atoms with Gasteiger partial charge in [0.05, 0.1) is 36.8 Å². The van der Waals surface area contributed by atoms with Crippen LogP contribution in [-0.4, -0.2) is 28.3 Å². The summed E-state index contributed by atoms with van der Waals surface area (Å²) in [4.78, 5) is 40.0. The fourth-order valence-electron chi connectivity index (χ4n) is 4.60. The average molecular weight is 494 g/mol. The molecule has 10 heteroatoms. The molecule has 180 valence electrons. The third-order valence-corrected chi connectivity index (χ3v) is 7.67. The molecular weight excluding hydrogens is 470 g/mol. The minimum Gasteiger partial charge on any atom is -0.497 e. The van der Waals surface area contributed by atoms with Gasteiger partial charge < -0.3 is 9.47 Å². The van der Waals surface area contributed by atoms with E-state index in [1.54, 1.807) is 34.9 Å². The summed E-state index contributed by atoms with van der Waals surface area (Å²) < 4.78 is 13.5. The van der Waals surface area contributed by atoms with Crippen LogP contribution in [0.5, 0.6) is 11.5 Å². The third kappa shape index (κ3) is 3.89. The van der Waals surface area contributed by atoms with Gasteiger partial charge >= 0.3 is 5.69 Å². The van der Waals surface area contributed by atoms with Crippen LogP contribution in [0, 0.1) is 10.1 Å². The van der Waals surface area contributed by atoms with E-state index in [2.05, 4.69) is 0 Å². The number of nitro benzene ring substituents is 1. The second kappa shape index (κ2) is 9.03. The quantitative estimate of drug-likeness (QED) is 0.296. The van der Waals surface area contributed by atoms with E-state index in [1.165, 1.54) is 37.7 Å². The van der Waals surface area contributed by atoms with E-state index in [0.29, 0.717) is 27.4 Å². The van der Waals surface area contributed by atoms with E-state index >= 15 is 0 Å². The Kier molecular flexibility index (Phi) is 5.89. The van der Waals surface area contributed by atoms with Crippen LogP contribution in [0.1, 0.15) is 28.8 Å². The Bertz CT molecular complexity index is 1570. The number of fused-ring (bicyclic) bond motifs is 3. The van der Waals surface area contributed by atoms with Crippen LogP contribution in [0.15, 0.2) is 52.1 Å². The van der Waals surface area contributed by atoms with Crippen LogP contribution >= 0.6 is 11.3 Å². The van der Waals surface area contributed by atoms with Crippen LogP contribution in [0.25, 0.3) is 15.9 Å². The third-order valence-electron chi connectivity index (χ3n) is 6.35. The fraction of sp³-hybridized carbons (Fsp3) is 0.280. The standard InChI is InChI=1S/C25H23N3O6S/c1-33-17-11-12-19(20(13-17)34-2)27-23(29)22-18-5-3-4-6-21(18)35-24(22)26(25(27)30)14-15-7-9-16(10-8-15)28(31)32/h7-13H,3-6,14H2,1-2H3. The summed E-state index contributed by atoms with van der Waals surface area (Å²) in [5.41, 5.74) is 1.18. The van der Waals surface area contributed by atoms with Gasteiger partial charge in [-0.05, 0) is 48.9 Å². The maximum Gasteiger partial charge on any atom is 0.337 e. The minimum absolute atomic E-state index is 0.0224. The summed E-state index contributed by atoms with van der Waals surface area (Å²) >= 11 is 1.49. The molecule has 0 atom stereocenters. The zero-order valence-corrected chi connectivity index (χ0v) is 20.1. The molecule has 0 unspecified atom stereocenters. The number of rotatable bonds is 6. The van der Waals surface area contributed by atoms with Crippen LogP contribution < -0.4 is 20.7 Å². The summed E-state index contributed by atoms with van der Waals surface area (Å²) in [5.74, 6) is 0.882. The van der Waals surface area contributed by atoms with Gasteiger partial charge in [-0.15, -0.1) is 11.3 Å². The molecule has 0 radical (unpaired) electrons. The highest BCUT2D eigenvalue weighted by molar-refractivity contribution is 7.18. The first-order valence-corrected chi connectivity index (χ1v) is 12.0.